The van der Waals surface area contributed by atoms with E-state index < -0.39 is 5.92 Å². The maximum atomic E-state index is 12.3. The van der Waals surface area contributed by atoms with Crippen LogP contribution in [0.25, 0.3) is 0 Å². The molecule has 0 bridgehead atoms. The molecule has 96 valence electrons. The fourth-order valence-corrected chi connectivity index (χ4v) is 2.83. The lowest BCUT2D eigenvalue weighted by atomic mass is 9.75. The molecule has 1 aromatic carbocycles. The second-order valence-electron chi connectivity index (χ2n) is 5.18. The van der Waals surface area contributed by atoms with Gasteiger partial charge in [0.25, 0.3) is 0 Å². The Bertz CT molecular complexity index is 422. The lowest BCUT2D eigenvalue weighted by molar-refractivity contribution is -0.124. The average Bonchev–Trinajstić information content (AvgIpc) is 2.41. The Labute approximate surface area is 108 Å². The number of carbonyl (C=O) groups is 2. The summed E-state index contributed by atoms with van der Waals surface area (Å²) < 4.78 is 0. The number of hydrogen-bond donors (Lipinski definition) is 0. The topological polar surface area (TPSA) is 34.1 Å². The molecule has 1 fully saturated rings. The molecule has 0 saturated heterocycles. The largest absolute Gasteiger partial charge is 0.299 e. The van der Waals surface area contributed by atoms with E-state index in [1.807, 2.05) is 18.2 Å². The van der Waals surface area contributed by atoms with E-state index in [1.165, 1.54) is 0 Å². The van der Waals surface area contributed by atoms with Gasteiger partial charge in [-0.1, -0.05) is 50.1 Å². The first-order valence-corrected chi connectivity index (χ1v) is 6.84. The van der Waals surface area contributed by atoms with Gasteiger partial charge in [-0.25, -0.2) is 0 Å². The molecule has 0 radical (unpaired) electrons. The summed E-state index contributed by atoms with van der Waals surface area (Å²) in [5.41, 5.74) is 0.674. The van der Waals surface area contributed by atoms with Crippen LogP contribution >= 0.6 is 0 Å². The van der Waals surface area contributed by atoms with Crippen molar-refractivity contribution in [1.29, 1.82) is 0 Å². The van der Waals surface area contributed by atoms with E-state index in [4.69, 9.17) is 0 Å². The van der Waals surface area contributed by atoms with Crippen LogP contribution in [-0.4, -0.2) is 11.6 Å². The minimum atomic E-state index is -0.391. The molecule has 18 heavy (non-hydrogen) atoms. The van der Waals surface area contributed by atoms with Crippen molar-refractivity contribution < 1.29 is 9.59 Å². The van der Waals surface area contributed by atoms with Gasteiger partial charge in [-0.2, -0.15) is 0 Å². The van der Waals surface area contributed by atoms with Crippen LogP contribution in [0, 0.1) is 11.8 Å². The third kappa shape index (κ3) is 2.87. The summed E-state index contributed by atoms with van der Waals surface area (Å²) in [6, 6.07) is 9.20. The zero-order valence-electron chi connectivity index (χ0n) is 10.9. The van der Waals surface area contributed by atoms with Gasteiger partial charge in [0.1, 0.15) is 5.78 Å². The van der Waals surface area contributed by atoms with Crippen molar-refractivity contribution in [2.45, 2.75) is 39.0 Å². The quantitative estimate of drug-likeness (QED) is 0.598. The molecule has 1 aliphatic rings. The van der Waals surface area contributed by atoms with Gasteiger partial charge in [0.2, 0.25) is 0 Å². The first-order chi connectivity index (χ1) is 8.72. The molecule has 0 spiro atoms. The van der Waals surface area contributed by atoms with Crippen molar-refractivity contribution in [3.05, 3.63) is 35.9 Å². The zero-order valence-corrected chi connectivity index (χ0v) is 10.9. The van der Waals surface area contributed by atoms with Crippen LogP contribution in [0.4, 0.5) is 0 Å². The van der Waals surface area contributed by atoms with Crippen LogP contribution in [0.5, 0.6) is 0 Å². The van der Waals surface area contributed by atoms with Crippen LogP contribution in [-0.2, 0) is 4.79 Å². The number of rotatable bonds is 4. The van der Waals surface area contributed by atoms with Crippen molar-refractivity contribution >= 4 is 11.6 Å². The minimum Gasteiger partial charge on any atom is -0.299 e. The normalized spacial score (nSPS) is 23.9. The Morgan fingerprint density at radius 3 is 2.67 bits per heavy atom. The predicted molar refractivity (Wildman–Crippen MR) is 71.5 cm³/mol. The summed E-state index contributed by atoms with van der Waals surface area (Å²) in [5.74, 6) is 0.306. The molecule has 1 aliphatic carbocycles. The third-order valence-corrected chi connectivity index (χ3v) is 3.83. The smallest absolute Gasteiger partial charge is 0.173 e. The maximum absolute atomic E-state index is 12.3. The Kier molecular flexibility index (Phi) is 4.29. The highest BCUT2D eigenvalue weighted by atomic mass is 16.1. The van der Waals surface area contributed by atoms with Crippen LogP contribution in [0.15, 0.2) is 30.3 Å². The highest BCUT2D eigenvalue weighted by molar-refractivity contribution is 6.10. The first-order valence-electron chi connectivity index (χ1n) is 6.84. The molecule has 2 unspecified atom stereocenters. The van der Waals surface area contributed by atoms with Crippen LogP contribution < -0.4 is 0 Å². The number of ketones is 2. The van der Waals surface area contributed by atoms with Gasteiger partial charge in [0, 0.05) is 12.0 Å². The highest BCUT2D eigenvalue weighted by Gasteiger charge is 2.33. The Morgan fingerprint density at radius 1 is 1.28 bits per heavy atom. The van der Waals surface area contributed by atoms with Gasteiger partial charge in [0.05, 0.1) is 5.92 Å². The zero-order chi connectivity index (χ0) is 13.0. The Balaban J connectivity index is 2.10. The Morgan fingerprint density at radius 2 is 2.00 bits per heavy atom. The van der Waals surface area contributed by atoms with Crippen molar-refractivity contribution in [1.82, 2.24) is 0 Å². The predicted octanol–water partition coefficient (Wildman–Crippen LogP) is 3.65. The number of benzene rings is 1. The molecule has 0 heterocycles. The van der Waals surface area contributed by atoms with Crippen LogP contribution in [0.1, 0.15) is 49.4 Å². The standard InChI is InChI=1S/C16H20O2/c1-2-6-12-9-10-15(17)14(11-12)16(18)13-7-4-3-5-8-13/h3-5,7-8,12,14H,2,6,9-11H2,1H3. The van der Waals surface area contributed by atoms with Gasteiger partial charge in [0.15, 0.2) is 5.78 Å². The minimum absolute atomic E-state index is 0.0152. The monoisotopic (exact) mass is 244 g/mol. The van der Waals surface area contributed by atoms with Crippen LogP contribution in [0.3, 0.4) is 0 Å². The van der Waals surface area contributed by atoms with Gasteiger partial charge in [-0.05, 0) is 18.8 Å². The third-order valence-electron chi connectivity index (χ3n) is 3.83. The van der Waals surface area contributed by atoms with E-state index in [0.717, 1.165) is 25.7 Å². The van der Waals surface area contributed by atoms with E-state index in [9.17, 15) is 9.59 Å². The summed E-state index contributed by atoms with van der Waals surface area (Å²) in [7, 11) is 0. The molecule has 2 nitrogen and oxygen atoms in total. The summed E-state index contributed by atoms with van der Waals surface area (Å²) in [4.78, 5) is 24.3. The summed E-state index contributed by atoms with van der Waals surface area (Å²) >= 11 is 0. The molecule has 2 rings (SSSR count). The molecule has 0 N–H and O–H groups in total. The number of hydrogen-bond acceptors (Lipinski definition) is 2. The molecular weight excluding hydrogens is 224 g/mol. The fourth-order valence-electron chi connectivity index (χ4n) is 2.83. The van der Waals surface area contributed by atoms with Gasteiger partial charge in [-0.3, -0.25) is 9.59 Å². The van der Waals surface area contributed by atoms with E-state index >= 15 is 0 Å². The first kappa shape index (κ1) is 13.0. The number of Topliss-reactive ketones (excluding diaryl/α,β-unsaturated/α-hetero) is 2. The number of carbonyl (C=O) groups excluding carboxylic acids is 2. The maximum Gasteiger partial charge on any atom is 0.173 e. The van der Waals surface area contributed by atoms with Crippen molar-refractivity contribution in [2.24, 2.45) is 11.8 Å². The highest BCUT2D eigenvalue weighted by Crippen LogP contribution is 2.31. The second-order valence-corrected chi connectivity index (χ2v) is 5.18. The van der Waals surface area contributed by atoms with E-state index in [0.29, 0.717) is 17.9 Å². The lowest BCUT2D eigenvalue weighted by Gasteiger charge is -2.27. The van der Waals surface area contributed by atoms with Crippen molar-refractivity contribution in [3.63, 3.8) is 0 Å². The van der Waals surface area contributed by atoms with Gasteiger partial charge in [-0.15, -0.1) is 0 Å². The summed E-state index contributed by atoms with van der Waals surface area (Å²) in [5, 5.41) is 0. The van der Waals surface area contributed by atoms with Crippen LogP contribution in [0.2, 0.25) is 0 Å². The van der Waals surface area contributed by atoms with E-state index in [1.54, 1.807) is 12.1 Å². The molecule has 0 amide bonds. The second kappa shape index (κ2) is 5.94. The summed E-state index contributed by atoms with van der Waals surface area (Å²) in [6.07, 6.45) is 4.55. The molecule has 0 aliphatic heterocycles. The molecule has 0 aromatic heterocycles. The molecule has 1 aromatic rings. The van der Waals surface area contributed by atoms with E-state index in [-0.39, 0.29) is 11.6 Å². The van der Waals surface area contributed by atoms with Gasteiger partial charge >= 0.3 is 0 Å². The molecule has 2 atom stereocenters. The molecular formula is C16H20O2. The van der Waals surface area contributed by atoms with Gasteiger partial charge < -0.3 is 0 Å². The van der Waals surface area contributed by atoms with Crippen molar-refractivity contribution in [3.8, 4) is 0 Å². The Hall–Kier alpha value is -1.44. The van der Waals surface area contributed by atoms with E-state index in [2.05, 4.69) is 6.92 Å². The van der Waals surface area contributed by atoms with Crippen molar-refractivity contribution in [2.75, 3.05) is 0 Å². The summed E-state index contributed by atoms with van der Waals surface area (Å²) in [6.45, 7) is 2.16. The lowest BCUT2D eigenvalue weighted by Crippen LogP contribution is -2.31. The fraction of sp³-hybridized carbons (Fsp3) is 0.500. The molecule has 2 heteroatoms. The average molecular weight is 244 g/mol. The molecule has 1 saturated carbocycles. The SMILES string of the molecule is CCCC1CCC(=O)C(C(=O)c2ccccc2)C1.